The molecule has 11 heteroatoms. The van der Waals surface area contributed by atoms with E-state index < -0.39 is 17.9 Å². The lowest BCUT2D eigenvalue weighted by Crippen LogP contribution is -2.24. The highest BCUT2D eigenvalue weighted by Gasteiger charge is 2.26. The number of methoxy groups -OCH3 is 2. The van der Waals surface area contributed by atoms with E-state index in [1.807, 2.05) is 30.3 Å². The van der Waals surface area contributed by atoms with Gasteiger partial charge in [-0.3, -0.25) is 20.9 Å². The average molecular weight is 509 g/mol. The van der Waals surface area contributed by atoms with E-state index in [9.17, 15) is 14.7 Å². The average Bonchev–Trinajstić information content (AvgIpc) is 2.91. The molecule has 0 spiro atoms. The van der Waals surface area contributed by atoms with Crippen molar-refractivity contribution < 1.29 is 34.1 Å². The number of carbonyl (C=O) groups is 2. The van der Waals surface area contributed by atoms with Crippen molar-refractivity contribution in [1.29, 1.82) is 5.41 Å². The van der Waals surface area contributed by atoms with Crippen LogP contribution in [-0.4, -0.2) is 48.9 Å². The van der Waals surface area contributed by atoms with Crippen LogP contribution in [0, 0.1) is 5.41 Å². The Bertz CT molecular complexity index is 1230. The Balaban J connectivity index is 1.98. The van der Waals surface area contributed by atoms with Gasteiger partial charge in [0.15, 0.2) is 17.5 Å². The number of aliphatic carboxylic acids is 1. The fourth-order valence-electron chi connectivity index (χ4n) is 3.48. The van der Waals surface area contributed by atoms with Gasteiger partial charge in [0.1, 0.15) is 19.0 Å². The highest BCUT2D eigenvalue weighted by molar-refractivity contribution is 5.96. The van der Waals surface area contributed by atoms with Crippen molar-refractivity contribution >= 4 is 29.1 Å². The molecule has 194 valence electrons. The minimum Gasteiger partial charge on any atom is -0.493 e. The first-order valence-corrected chi connectivity index (χ1v) is 11.1. The molecular formula is C26H28N4O7. The first kappa shape index (κ1) is 27.0. The Morgan fingerprint density at radius 2 is 1.70 bits per heavy atom. The molecule has 0 aliphatic rings. The van der Waals surface area contributed by atoms with Crippen LogP contribution < -0.4 is 25.6 Å². The van der Waals surface area contributed by atoms with E-state index in [1.54, 1.807) is 17.6 Å². The summed E-state index contributed by atoms with van der Waals surface area (Å²) in [7, 11) is 2.81. The van der Waals surface area contributed by atoms with Gasteiger partial charge in [-0.2, -0.15) is 0 Å². The van der Waals surface area contributed by atoms with E-state index in [0.717, 1.165) is 5.56 Å². The van der Waals surface area contributed by atoms with Crippen LogP contribution in [0.1, 0.15) is 22.7 Å². The number of ether oxygens (including phenoxy) is 3. The zero-order valence-electron chi connectivity index (χ0n) is 20.3. The topological polar surface area (TPSA) is 162 Å². The summed E-state index contributed by atoms with van der Waals surface area (Å²) in [6.07, 6.45) is 0. The lowest BCUT2D eigenvalue weighted by molar-refractivity contribution is -0.138. The fraction of sp³-hybridized carbons (Fsp3) is 0.192. The van der Waals surface area contributed by atoms with Crippen LogP contribution >= 0.6 is 0 Å². The minimum atomic E-state index is -1.30. The number of hydroxylamine groups is 1. The molecule has 1 atom stereocenters. The van der Waals surface area contributed by atoms with Crippen molar-refractivity contribution in [2.24, 2.45) is 0 Å². The maximum absolute atomic E-state index is 12.4. The summed E-state index contributed by atoms with van der Waals surface area (Å²) in [5.74, 6) is -1.31. The fourth-order valence-corrected chi connectivity index (χ4v) is 3.48. The lowest BCUT2D eigenvalue weighted by atomic mass is 10.0. The van der Waals surface area contributed by atoms with Gasteiger partial charge in [-0.05, 0) is 35.9 Å². The van der Waals surface area contributed by atoms with Crippen molar-refractivity contribution in [2.75, 3.05) is 31.5 Å². The molecule has 0 aliphatic carbocycles. The molecule has 0 aromatic heterocycles. The number of amides is 1. The Morgan fingerprint density at radius 1 is 1.00 bits per heavy atom. The number of carboxylic acid groups (broad SMARTS) is 1. The van der Waals surface area contributed by atoms with E-state index in [4.69, 9.17) is 24.8 Å². The van der Waals surface area contributed by atoms with Crippen LogP contribution in [-0.2, 0) is 20.9 Å². The quantitative estimate of drug-likeness (QED) is 0.122. The van der Waals surface area contributed by atoms with Gasteiger partial charge in [0.2, 0.25) is 5.91 Å². The van der Waals surface area contributed by atoms with Gasteiger partial charge in [-0.15, -0.1) is 0 Å². The molecule has 3 rings (SSSR count). The maximum atomic E-state index is 12.4. The molecule has 0 heterocycles. The molecule has 6 N–H and O–H groups in total. The number of anilines is 2. The Morgan fingerprint density at radius 3 is 2.30 bits per heavy atom. The van der Waals surface area contributed by atoms with Crippen LogP contribution in [0.25, 0.3) is 0 Å². The summed E-state index contributed by atoms with van der Waals surface area (Å²) in [5.41, 5.74) is 3.91. The molecule has 3 aromatic rings. The molecule has 0 saturated carbocycles. The minimum absolute atomic E-state index is 0.202. The number of carboxylic acids is 1. The number of rotatable bonds is 12. The third-order valence-electron chi connectivity index (χ3n) is 5.28. The number of amidine groups is 1. The van der Waals surface area contributed by atoms with Crippen molar-refractivity contribution in [3.05, 3.63) is 83.4 Å². The molecule has 0 saturated heterocycles. The first-order valence-electron chi connectivity index (χ1n) is 11.1. The molecule has 0 bridgehead atoms. The summed E-state index contributed by atoms with van der Waals surface area (Å²) in [4.78, 5) is 24.7. The summed E-state index contributed by atoms with van der Waals surface area (Å²) in [6, 6.07) is 17.4. The SMILES string of the molecule is COCC(=O)Nc1cc(OCc2ccccc2)c(OC)cc1C(Nc1ccc(C(=N)NO)cc1)C(=O)O. The summed E-state index contributed by atoms with van der Waals surface area (Å²) >= 11 is 0. The largest absolute Gasteiger partial charge is 0.493 e. The van der Waals surface area contributed by atoms with Gasteiger partial charge in [0, 0.05) is 30.0 Å². The molecular weight excluding hydrogens is 480 g/mol. The summed E-state index contributed by atoms with van der Waals surface area (Å²) in [6.45, 7) is -0.00415. The molecule has 1 amide bonds. The van der Waals surface area contributed by atoms with E-state index in [2.05, 4.69) is 10.6 Å². The van der Waals surface area contributed by atoms with Gasteiger partial charge in [0.05, 0.1) is 12.8 Å². The number of benzene rings is 3. The number of nitrogens with one attached hydrogen (secondary N) is 4. The zero-order valence-corrected chi connectivity index (χ0v) is 20.3. The highest BCUT2D eigenvalue weighted by atomic mass is 16.5. The Labute approximate surface area is 213 Å². The second-order valence-corrected chi connectivity index (χ2v) is 7.83. The first-order chi connectivity index (χ1) is 17.9. The maximum Gasteiger partial charge on any atom is 0.330 e. The second kappa shape index (κ2) is 12.9. The Kier molecular flexibility index (Phi) is 9.41. The predicted octanol–water partition coefficient (Wildman–Crippen LogP) is 3.40. The van der Waals surface area contributed by atoms with Crippen LogP contribution in [0.15, 0.2) is 66.7 Å². The third-order valence-corrected chi connectivity index (χ3v) is 5.28. The van der Waals surface area contributed by atoms with Gasteiger partial charge in [-0.25, -0.2) is 4.79 Å². The molecule has 11 nitrogen and oxygen atoms in total. The molecule has 0 radical (unpaired) electrons. The molecule has 3 aromatic carbocycles. The van der Waals surface area contributed by atoms with Gasteiger partial charge >= 0.3 is 5.97 Å². The molecule has 37 heavy (non-hydrogen) atoms. The summed E-state index contributed by atoms with van der Waals surface area (Å²) < 4.78 is 16.3. The summed E-state index contributed by atoms with van der Waals surface area (Å²) in [5, 5.41) is 32.2. The second-order valence-electron chi connectivity index (χ2n) is 7.83. The predicted molar refractivity (Wildman–Crippen MR) is 136 cm³/mol. The van der Waals surface area contributed by atoms with Crippen LogP contribution in [0.2, 0.25) is 0 Å². The van der Waals surface area contributed by atoms with Crippen molar-refractivity contribution in [2.45, 2.75) is 12.6 Å². The van der Waals surface area contributed by atoms with E-state index >= 15 is 0 Å². The van der Waals surface area contributed by atoms with E-state index in [1.165, 1.54) is 38.5 Å². The zero-order chi connectivity index (χ0) is 26.8. The number of carbonyl (C=O) groups excluding carboxylic acids is 1. The number of hydrogen-bond donors (Lipinski definition) is 6. The highest BCUT2D eigenvalue weighted by Crippen LogP contribution is 2.38. The van der Waals surface area contributed by atoms with Gasteiger partial charge in [-0.1, -0.05) is 30.3 Å². The Hall–Kier alpha value is -4.61. The monoisotopic (exact) mass is 508 g/mol. The van der Waals surface area contributed by atoms with Crippen LogP contribution in [0.4, 0.5) is 11.4 Å². The van der Waals surface area contributed by atoms with E-state index in [-0.39, 0.29) is 36.0 Å². The van der Waals surface area contributed by atoms with Crippen LogP contribution in [0.5, 0.6) is 11.5 Å². The molecule has 1 unspecified atom stereocenters. The van der Waals surface area contributed by atoms with Crippen LogP contribution in [0.3, 0.4) is 0 Å². The van der Waals surface area contributed by atoms with Gasteiger partial charge < -0.3 is 30.0 Å². The number of hydrogen-bond acceptors (Lipinski definition) is 8. The lowest BCUT2D eigenvalue weighted by Gasteiger charge is -2.22. The van der Waals surface area contributed by atoms with Gasteiger partial charge in [0.25, 0.3) is 0 Å². The van der Waals surface area contributed by atoms with Crippen molar-refractivity contribution in [3.8, 4) is 11.5 Å². The van der Waals surface area contributed by atoms with E-state index in [0.29, 0.717) is 17.0 Å². The molecule has 0 aliphatic heterocycles. The van der Waals surface area contributed by atoms with Crippen molar-refractivity contribution in [3.63, 3.8) is 0 Å². The van der Waals surface area contributed by atoms with Crippen molar-refractivity contribution in [1.82, 2.24) is 5.48 Å². The standard InChI is InChI=1S/C26H28N4O7/c1-35-15-23(31)29-20-13-22(37-14-16-6-4-3-5-7-16)21(36-2)12-19(20)24(26(32)33)28-18-10-8-17(9-11-18)25(27)30-34/h3-13,24,28,34H,14-15H2,1-2H3,(H2,27,30)(H,29,31)(H,32,33). The third kappa shape index (κ3) is 7.19. The molecule has 0 fully saturated rings. The normalized spacial score (nSPS) is 11.2. The smallest absolute Gasteiger partial charge is 0.330 e.